The van der Waals surface area contributed by atoms with Crippen molar-refractivity contribution in [3.8, 4) is 5.75 Å². The van der Waals surface area contributed by atoms with Crippen molar-refractivity contribution in [1.29, 1.82) is 0 Å². The number of aryl methyl sites for hydroxylation is 1. The average molecular weight is 560 g/mol. The van der Waals surface area contributed by atoms with Crippen molar-refractivity contribution in [2.45, 2.75) is 51.6 Å². The quantitative estimate of drug-likeness (QED) is 0.274. The lowest BCUT2D eigenvalue weighted by molar-refractivity contribution is 0.0490. The predicted molar refractivity (Wildman–Crippen MR) is 160 cm³/mol. The molecule has 2 amide bonds. The van der Waals surface area contributed by atoms with Crippen LogP contribution in [0.25, 0.3) is 0 Å². The lowest BCUT2D eigenvalue weighted by Crippen LogP contribution is -2.59. The van der Waals surface area contributed by atoms with Gasteiger partial charge in [0.15, 0.2) is 17.3 Å². The van der Waals surface area contributed by atoms with Crippen LogP contribution in [0.15, 0.2) is 49.2 Å². The molecular weight excluding hydrogens is 518 g/mol. The minimum absolute atomic E-state index is 0.0251. The number of anilines is 2. The Balaban J connectivity index is 1.25. The normalized spacial score (nSPS) is 19.8. The number of carbonyl (C=O) groups excluding carboxylic acids is 2. The van der Waals surface area contributed by atoms with Gasteiger partial charge < -0.3 is 25.1 Å². The maximum atomic E-state index is 13.0. The van der Waals surface area contributed by atoms with Gasteiger partial charge in [-0.2, -0.15) is 0 Å². The summed E-state index contributed by atoms with van der Waals surface area (Å²) in [5.74, 6) is 1.37. The van der Waals surface area contributed by atoms with Gasteiger partial charge in [-0.1, -0.05) is 19.6 Å². The van der Waals surface area contributed by atoms with Gasteiger partial charge >= 0.3 is 0 Å². The Kier molecular flexibility index (Phi) is 8.58. The number of benzene rings is 1. The van der Waals surface area contributed by atoms with Gasteiger partial charge in [-0.25, -0.2) is 9.97 Å². The van der Waals surface area contributed by atoms with E-state index in [1.807, 2.05) is 16.7 Å². The average Bonchev–Trinajstić information content (AvgIpc) is 3.72. The second-order valence-electron chi connectivity index (χ2n) is 11.1. The largest absolute Gasteiger partial charge is 0.508 e. The molecule has 10 nitrogen and oxygen atoms in total. The molecule has 5 rings (SSSR count). The first-order valence-electron chi connectivity index (χ1n) is 14.6. The zero-order valence-electron chi connectivity index (χ0n) is 24.2. The Bertz CT molecular complexity index is 1300. The number of carbonyl (C=O) groups is 2. The Morgan fingerprint density at radius 3 is 2.44 bits per heavy atom. The van der Waals surface area contributed by atoms with Gasteiger partial charge in [0.2, 0.25) is 0 Å². The van der Waals surface area contributed by atoms with Crippen molar-refractivity contribution in [3.63, 3.8) is 0 Å². The van der Waals surface area contributed by atoms with Crippen LogP contribution < -0.4 is 15.1 Å². The van der Waals surface area contributed by atoms with Gasteiger partial charge in [-0.3, -0.25) is 14.5 Å². The Hall–Kier alpha value is -3.92. The molecule has 0 unspecified atom stereocenters. The molecule has 1 aromatic carbocycles. The molecule has 0 saturated carbocycles. The molecule has 0 radical (unpaired) electrons. The van der Waals surface area contributed by atoms with Crippen LogP contribution >= 0.6 is 0 Å². The molecule has 1 atom stereocenters. The zero-order chi connectivity index (χ0) is 29.1. The highest BCUT2D eigenvalue weighted by Crippen LogP contribution is 2.34. The number of phenolic OH excluding ortho intramolecular Hbond substituents is 1. The molecule has 0 aliphatic carbocycles. The molecule has 2 N–H and O–H groups in total. The standard InChI is InChI=1S/C31H41N7O3/c1-5-7-14-32-30(40)27-29(38-19-21(38)3)34-28(22(4)33-27)36-17-18-37(24(6-2)20-36)25-12-15-35(16-13-25)31(41)23-8-10-26(39)11-9-23/h5,8-11,24-25,39H,1,3,6-7,12-20H2,2,4H3,(H,32,40)/t24-,38?/m0/s1. The van der Waals surface area contributed by atoms with Gasteiger partial charge in [0.1, 0.15) is 5.75 Å². The fourth-order valence-corrected chi connectivity index (χ4v) is 5.98. The second kappa shape index (κ2) is 12.3. The van der Waals surface area contributed by atoms with E-state index in [0.717, 1.165) is 69.2 Å². The summed E-state index contributed by atoms with van der Waals surface area (Å²) in [6.07, 6.45) is 5.36. The number of aromatic nitrogens is 2. The number of amides is 2. The third kappa shape index (κ3) is 6.22. The number of hydrogen-bond acceptors (Lipinski definition) is 8. The molecule has 2 aromatic rings. The first-order chi connectivity index (χ1) is 19.8. The number of nitrogens with zero attached hydrogens (tertiary/aromatic N) is 6. The molecular formula is C31H41N7O3. The van der Waals surface area contributed by atoms with Gasteiger partial charge in [0, 0.05) is 62.6 Å². The van der Waals surface area contributed by atoms with Gasteiger partial charge in [0.25, 0.3) is 11.8 Å². The first-order valence-corrected chi connectivity index (χ1v) is 14.6. The zero-order valence-corrected chi connectivity index (χ0v) is 24.2. The van der Waals surface area contributed by atoms with E-state index in [1.165, 1.54) is 0 Å². The molecule has 3 aliphatic heterocycles. The van der Waals surface area contributed by atoms with E-state index in [-0.39, 0.29) is 17.6 Å². The summed E-state index contributed by atoms with van der Waals surface area (Å²) in [4.78, 5) is 44.4. The third-order valence-electron chi connectivity index (χ3n) is 8.38. The first kappa shape index (κ1) is 28.6. The Morgan fingerprint density at radius 1 is 1.10 bits per heavy atom. The minimum Gasteiger partial charge on any atom is -0.508 e. The summed E-state index contributed by atoms with van der Waals surface area (Å²) in [7, 11) is 0. The van der Waals surface area contributed by atoms with Crippen molar-refractivity contribution in [3.05, 3.63) is 66.1 Å². The number of piperidine rings is 1. The van der Waals surface area contributed by atoms with Crippen molar-refractivity contribution in [2.75, 3.05) is 55.6 Å². The maximum Gasteiger partial charge on any atom is 0.273 e. The summed E-state index contributed by atoms with van der Waals surface area (Å²) >= 11 is 0. The van der Waals surface area contributed by atoms with Crippen LogP contribution in [0, 0.1) is 6.92 Å². The van der Waals surface area contributed by atoms with Crippen LogP contribution in [-0.2, 0) is 0 Å². The number of phenols is 1. The maximum absolute atomic E-state index is 13.0. The summed E-state index contributed by atoms with van der Waals surface area (Å²) in [5, 5.41) is 12.5. The Labute approximate surface area is 242 Å². The predicted octanol–water partition coefficient (Wildman–Crippen LogP) is 3.34. The number of likely N-dealkylation sites (tertiary alicyclic amines) is 1. The molecule has 1 aromatic heterocycles. The lowest BCUT2D eigenvalue weighted by atomic mass is 9.97. The van der Waals surface area contributed by atoms with E-state index < -0.39 is 0 Å². The molecule has 10 heteroatoms. The number of hydrogen-bond donors (Lipinski definition) is 2. The fraction of sp³-hybridized carbons (Fsp3) is 0.484. The molecule has 0 spiro atoms. The highest BCUT2D eigenvalue weighted by Gasteiger charge is 2.37. The van der Waals surface area contributed by atoms with Gasteiger partial charge in [-0.05, 0) is 56.9 Å². The smallest absolute Gasteiger partial charge is 0.273 e. The van der Waals surface area contributed by atoms with E-state index in [1.54, 1.807) is 30.3 Å². The number of piperazine rings is 1. The van der Waals surface area contributed by atoms with E-state index in [2.05, 4.69) is 35.2 Å². The van der Waals surface area contributed by atoms with Crippen LogP contribution in [0.1, 0.15) is 59.1 Å². The van der Waals surface area contributed by atoms with E-state index in [0.29, 0.717) is 48.7 Å². The minimum atomic E-state index is -0.227. The van der Waals surface area contributed by atoms with Crippen molar-refractivity contribution >= 4 is 23.5 Å². The van der Waals surface area contributed by atoms with Crippen LogP contribution in [0.3, 0.4) is 0 Å². The number of nitrogens with one attached hydrogen (secondary N) is 1. The Morgan fingerprint density at radius 2 is 1.80 bits per heavy atom. The fourth-order valence-electron chi connectivity index (χ4n) is 5.98. The number of aromatic hydroxyl groups is 1. The summed E-state index contributed by atoms with van der Waals surface area (Å²) in [6.45, 7) is 17.1. The molecule has 41 heavy (non-hydrogen) atoms. The van der Waals surface area contributed by atoms with E-state index in [4.69, 9.17) is 9.97 Å². The second-order valence-corrected chi connectivity index (χ2v) is 11.1. The molecule has 0 bridgehead atoms. The molecule has 3 saturated heterocycles. The molecule has 3 fully saturated rings. The molecule has 4 heterocycles. The van der Waals surface area contributed by atoms with Gasteiger partial charge in [-0.15, -0.1) is 6.58 Å². The molecule has 218 valence electrons. The van der Waals surface area contributed by atoms with Crippen LogP contribution in [0.4, 0.5) is 11.6 Å². The summed E-state index contributed by atoms with van der Waals surface area (Å²) in [6, 6.07) is 7.28. The van der Waals surface area contributed by atoms with Crippen LogP contribution in [0.2, 0.25) is 0 Å². The highest BCUT2D eigenvalue weighted by atomic mass is 16.3. The third-order valence-corrected chi connectivity index (χ3v) is 8.38. The number of rotatable bonds is 9. The summed E-state index contributed by atoms with van der Waals surface area (Å²) in [5.41, 5.74) is 2.64. The van der Waals surface area contributed by atoms with Crippen molar-refractivity contribution < 1.29 is 14.7 Å². The van der Waals surface area contributed by atoms with E-state index >= 15 is 0 Å². The van der Waals surface area contributed by atoms with E-state index in [9.17, 15) is 14.7 Å². The van der Waals surface area contributed by atoms with Crippen LogP contribution in [-0.4, -0.2) is 94.6 Å². The van der Waals surface area contributed by atoms with Gasteiger partial charge in [0.05, 0.1) is 12.2 Å². The lowest BCUT2D eigenvalue weighted by Gasteiger charge is -2.47. The topological polar surface area (TPSA) is 105 Å². The van der Waals surface area contributed by atoms with Crippen molar-refractivity contribution in [2.24, 2.45) is 0 Å². The highest BCUT2D eigenvalue weighted by molar-refractivity contribution is 5.98. The molecule has 3 aliphatic rings. The van der Waals surface area contributed by atoms with Crippen LogP contribution in [0.5, 0.6) is 5.75 Å². The SMILES string of the molecule is C=CCCNC(=O)c1nc(C)c(N2CCN(C3CCN(C(=O)c4ccc(O)cc4)CC3)[C@@H](CC)C2)nc1N1CC1=C. The van der Waals surface area contributed by atoms with Crippen molar-refractivity contribution in [1.82, 2.24) is 25.1 Å². The summed E-state index contributed by atoms with van der Waals surface area (Å²) < 4.78 is 0. The monoisotopic (exact) mass is 559 g/mol.